The minimum Gasteiger partial charge on any atom is -0.327 e. The van der Waals surface area contributed by atoms with Gasteiger partial charge in [0, 0.05) is 6.04 Å². The Balaban J connectivity index is 1.65. The maximum Gasteiger partial charge on any atom is 0.00698 e. The van der Waals surface area contributed by atoms with E-state index in [0.29, 0.717) is 6.04 Å². The van der Waals surface area contributed by atoms with E-state index in [0.717, 1.165) is 17.8 Å². The van der Waals surface area contributed by atoms with E-state index in [1.165, 1.54) is 77.0 Å². The largest absolute Gasteiger partial charge is 0.327 e. The Bertz CT molecular complexity index is 212. The van der Waals surface area contributed by atoms with Gasteiger partial charge in [0.05, 0.1) is 0 Å². The Morgan fingerprint density at radius 1 is 0.944 bits per heavy atom. The van der Waals surface area contributed by atoms with Gasteiger partial charge in [-0.1, -0.05) is 64.7 Å². The lowest BCUT2D eigenvalue weighted by atomic mass is 9.75. The van der Waals surface area contributed by atoms with E-state index in [1.54, 1.807) is 0 Å². The van der Waals surface area contributed by atoms with Crippen LogP contribution in [0.4, 0.5) is 0 Å². The molecule has 106 valence electrons. The second-order valence-electron chi connectivity index (χ2n) is 6.97. The smallest absolute Gasteiger partial charge is 0.00698 e. The summed E-state index contributed by atoms with van der Waals surface area (Å²) in [6.07, 6.45) is 17.2. The first kappa shape index (κ1) is 14.4. The molecule has 2 fully saturated rings. The lowest BCUT2D eigenvalue weighted by Gasteiger charge is -2.33. The zero-order valence-corrected chi connectivity index (χ0v) is 12.4. The topological polar surface area (TPSA) is 26.0 Å². The van der Waals surface area contributed by atoms with Crippen molar-refractivity contribution in [3.8, 4) is 0 Å². The average molecular weight is 251 g/mol. The fourth-order valence-electron chi connectivity index (χ4n) is 4.22. The Morgan fingerprint density at radius 3 is 2.22 bits per heavy atom. The van der Waals surface area contributed by atoms with Crippen LogP contribution in [0.2, 0.25) is 0 Å². The van der Waals surface area contributed by atoms with Crippen molar-refractivity contribution in [1.82, 2.24) is 0 Å². The maximum atomic E-state index is 6.47. The van der Waals surface area contributed by atoms with Gasteiger partial charge in [-0.15, -0.1) is 0 Å². The van der Waals surface area contributed by atoms with Crippen LogP contribution in [0.5, 0.6) is 0 Å². The molecule has 2 aliphatic rings. The molecule has 2 aliphatic carbocycles. The third kappa shape index (κ3) is 4.26. The van der Waals surface area contributed by atoms with Crippen molar-refractivity contribution in [3.63, 3.8) is 0 Å². The minimum absolute atomic E-state index is 0.514. The first-order chi connectivity index (χ1) is 8.79. The molecule has 18 heavy (non-hydrogen) atoms. The second kappa shape index (κ2) is 7.53. The standard InChI is InChI=1S/C17H33N/c1-2-3-6-14-9-11-16(12-10-14)17(18)13-15-7-4-5-8-15/h14-17H,2-13,18H2,1H3. The highest BCUT2D eigenvalue weighted by molar-refractivity contribution is 4.82. The molecule has 1 unspecified atom stereocenters. The van der Waals surface area contributed by atoms with Crippen molar-refractivity contribution in [2.24, 2.45) is 23.5 Å². The lowest BCUT2D eigenvalue weighted by Crippen LogP contribution is -2.34. The van der Waals surface area contributed by atoms with Crippen LogP contribution in [-0.2, 0) is 0 Å². The molecule has 2 rings (SSSR count). The van der Waals surface area contributed by atoms with Crippen molar-refractivity contribution < 1.29 is 0 Å². The molecular formula is C17H33N. The van der Waals surface area contributed by atoms with Gasteiger partial charge < -0.3 is 5.73 Å². The van der Waals surface area contributed by atoms with Crippen LogP contribution < -0.4 is 5.73 Å². The molecule has 0 heterocycles. The minimum atomic E-state index is 0.514. The fraction of sp³-hybridized carbons (Fsp3) is 1.00. The monoisotopic (exact) mass is 251 g/mol. The van der Waals surface area contributed by atoms with E-state index in [1.807, 2.05) is 0 Å². The second-order valence-corrected chi connectivity index (χ2v) is 6.97. The molecular weight excluding hydrogens is 218 g/mol. The molecule has 0 spiro atoms. The highest BCUT2D eigenvalue weighted by Gasteiger charge is 2.27. The molecule has 0 aromatic rings. The highest BCUT2D eigenvalue weighted by Crippen LogP contribution is 2.36. The Kier molecular flexibility index (Phi) is 6.01. The lowest BCUT2D eigenvalue weighted by molar-refractivity contribution is 0.215. The van der Waals surface area contributed by atoms with Crippen LogP contribution >= 0.6 is 0 Å². The van der Waals surface area contributed by atoms with E-state index in [-0.39, 0.29) is 0 Å². The average Bonchev–Trinajstić information content (AvgIpc) is 2.89. The van der Waals surface area contributed by atoms with Crippen LogP contribution in [0.25, 0.3) is 0 Å². The Morgan fingerprint density at radius 2 is 1.61 bits per heavy atom. The van der Waals surface area contributed by atoms with Gasteiger partial charge >= 0.3 is 0 Å². The third-order valence-electron chi connectivity index (χ3n) is 5.54. The van der Waals surface area contributed by atoms with Gasteiger partial charge in [0.2, 0.25) is 0 Å². The van der Waals surface area contributed by atoms with Gasteiger partial charge in [0.15, 0.2) is 0 Å². The summed E-state index contributed by atoms with van der Waals surface area (Å²) in [4.78, 5) is 0. The number of unbranched alkanes of at least 4 members (excludes halogenated alkanes) is 1. The van der Waals surface area contributed by atoms with E-state index in [2.05, 4.69) is 6.92 Å². The normalized spacial score (nSPS) is 31.7. The Hall–Kier alpha value is -0.0400. The summed E-state index contributed by atoms with van der Waals surface area (Å²) in [5, 5.41) is 0. The van der Waals surface area contributed by atoms with E-state index in [9.17, 15) is 0 Å². The highest BCUT2D eigenvalue weighted by atomic mass is 14.7. The van der Waals surface area contributed by atoms with Crippen LogP contribution in [0, 0.1) is 17.8 Å². The predicted molar refractivity (Wildman–Crippen MR) is 79.5 cm³/mol. The van der Waals surface area contributed by atoms with E-state index in [4.69, 9.17) is 5.73 Å². The number of nitrogens with two attached hydrogens (primary N) is 1. The van der Waals surface area contributed by atoms with E-state index >= 15 is 0 Å². The van der Waals surface area contributed by atoms with Crippen LogP contribution in [-0.4, -0.2) is 6.04 Å². The predicted octanol–water partition coefficient (Wildman–Crippen LogP) is 4.89. The first-order valence-electron chi connectivity index (χ1n) is 8.55. The van der Waals surface area contributed by atoms with Crippen LogP contribution in [0.1, 0.15) is 84.0 Å². The number of hydrogen-bond acceptors (Lipinski definition) is 1. The zero-order chi connectivity index (χ0) is 12.8. The van der Waals surface area contributed by atoms with Crippen molar-refractivity contribution in [3.05, 3.63) is 0 Å². The van der Waals surface area contributed by atoms with E-state index < -0.39 is 0 Å². The van der Waals surface area contributed by atoms with Crippen LogP contribution in [0.3, 0.4) is 0 Å². The van der Waals surface area contributed by atoms with Gasteiger partial charge in [-0.05, 0) is 37.0 Å². The maximum absolute atomic E-state index is 6.47. The first-order valence-corrected chi connectivity index (χ1v) is 8.55. The van der Waals surface area contributed by atoms with Gasteiger partial charge in [-0.25, -0.2) is 0 Å². The van der Waals surface area contributed by atoms with Crippen LogP contribution in [0.15, 0.2) is 0 Å². The molecule has 0 bridgehead atoms. The molecule has 0 amide bonds. The molecule has 0 aliphatic heterocycles. The summed E-state index contributed by atoms with van der Waals surface area (Å²) < 4.78 is 0. The molecule has 0 saturated heterocycles. The molecule has 1 heteroatoms. The van der Waals surface area contributed by atoms with Gasteiger partial charge in [0.25, 0.3) is 0 Å². The molecule has 0 radical (unpaired) electrons. The molecule has 2 saturated carbocycles. The summed E-state index contributed by atoms with van der Waals surface area (Å²) in [7, 11) is 0. The SMILES string of the molecule is CCCCC1CCC(C(N)CC2CCCC2)CC1. The summed E-state index contributed by atoms with van der Waals surface area (Å²) in [5.41, 5.74) is 6.47. The quantitative estimate of drug-likeness (QED) is 0.714. The summed E-state index contributed by atoms with van der Waals surface area (Å²) in [6.45, 7) is 2.31. The molecule has 1 atom stereocenters. The van der Waals surface area contributed by atoms with Crippen molar-refractivity contribution in [1.29, 1.82) is 0 Å². The van der Waals surface area contributed by atoms with Crippen molar-refractivity contribution in [2.75, 3.05) is 0 Å². The summed E-state index contributed by atoms with van der Waals surface area (Å²) in [6, 6.07) is 0.514. The Labute approximate surface area is 114 Å². The van der Waals surface area contributed by atoms with Gasteiger partial charge in [-0.3, -0.25) is 0 Å². The van der Waals surface area contributed by atoms with Crippen molar-refractivity contribution in [2.45, 2.75) is 90.0 Å². The number of rotatable bonds is 6. The number of hydrogen-bond donors (Lipinski definition) is 1. The van der Waals surface area contributed by atoms with Crippen molar-refractivity contribution >= 4 is 0 Å². The zero-order valence-electron chi connectivity index (χ0n) is 12.4. The fourth-order valence-corrected chi connectivity index (χ4v) is 4.22. The molecule has 1 nitrogen and oxygen atoms in total. The molecule has 0 aromatic heterocycles. The summed E-state index contributed by atoms with van der Waals surface area (Å²) in [5.74, 6) is 2.85. The third-order valence-corrected chi connectivity index (χ3v) is 5.54. The molecule has 0 aromatic carbocycles. The van der Waals surface area contributed by atoms with Gasteiger partial charge in [0.1, 0.15) is 0 Å². The summed E-state index contributed by atoms with van der Waals surface area (Å²) >= 11 is 0. The van der Waals surface area contributed by atoms with Gasteiger partial charge in [-0.2, -0.15) is 0 Å². The molecule has 2 N–H and O–H groups in total.